The van der Waals surface area contributed by atoms with Gasteiger partial charge in [0.25, 0.3) is 0 Å². The predicted octanol–water partition coefficient (Wildman–Crippen LogP) is 2.82. The second kappa shape index (κ2) is 10.7. The highest BCUT2D eigenvalue weighted by Gasteiger charge is 2.32. The molecule has 2 aromatic carbocycles. The first-order chi connectivity index (χ1) is 15.4. The molecule has 0 spiro atoms. The normalized spacial score (nSPS) is 15.2. The summed E-state index contributed by atoms with van der Waals surface area (Å²) in [4.78, 5) is 13.0. The van der Waals surface area contributed by atoms with Crippen molar-refractivity contribution in [2.75, 3.05) is 33.9 Å². The molecule has 1 heterocycles. The van der Waals surface area contributed by atoms with E-state index in [1.165, 1.54) is 4.31 Å². The number of carbonyl (C=O) groups is 1. The molecule has 1 amide bonds. The summed E-state index contributed by atoms with van der Waals surface area (Å²) in [5.74, 6) is 1.56. The first-order valence-electron chi connectivity index (χ1n) is 10.6. The Kier molecular flexibility index (Phi) is 7.98. The molecule has 0 bridgehead atoms. The summed E-state index contributed by atoms with van der Waals surface area (Å²) in [6, 6.07) is 11.9. The van der Waals surface area contributed by atoms with Crippen LogP contribution in [0.15, 0.2) is 47.4 Å². The van der Waals surface area contributed by atoms with Crippen LogP contribution in [0.25, 0.3) is 0 Å². The number of hydrogen-bond donors (Lipinski definition) is 1. The molecule has 3 rings (SSSR count). The Bertz CT molecular complexity index is 993. The number of nitrogens with one attached hydrogen (secondary N) is 1. The van der Waals surface area contributed by atoms with Gasteiger partial charge in [0.2, 0.25) is 15.9 Å². The van der Waals surface area contributed by atoms with Crippen molar-refractivity contribution in [2.45, 2.75) is 31.2 Å². The summed E-state index contributed by atoms with van der Waals surface area (Å²) >= 11 is 0. The molecule has 0 aromatic heterocycles. The second-order valence-electron chi connectivity index (χ2n) is 7.44. The monoisotopic (exact) mass is 462 g/mol. The average Bonchev–Trinajstić information content (AvgIpc) is 2.82. The summed E-state index contributed by atoms with van der Waals surface area (Å²) in [6.07, 6.45) is 0.927. The Balaban J connectivity index is 1.58. The van der Waals surface area contributed by atoms with E-state index in [2.05, 4.69) is 5.32 Å². The number of piperidine rings is 1. The Morgan fingerprint density at radius 3 is 2.16 bits per heavy atom. The molecule has 0 saturated carbocycles. The summed E-state index contributed by atoms with van der Waals surface area (Å²) in [5, 5.41) is 2.94. The fraction of sp³-hybridized carbons (Fsp3) is 0.435. The lowest BCUT2D eigenvalue weighted by atomic mass is 9.97. The third-order valence-corrected chi connectivity index (χ3v) is 7.48. The Morgan fingerprint density at radius 2 is 1.62 bits per heavy atom. The first kappa shape index (κ1) is 23.9. The van der Waals surface area contributed by atoms with Crippen LogP contribution >= 0.6 is 0 Å². The van der Waals surface area contributed by atoms with Gasteiger partial charge < -0.3 is 19.5 Å². The maximum absolute atomic E-state index is 12.9. The molecule has 9 heteroatoms. The van der Waals surface area contributed by atoms with Crippen LogP contribution < -0.4 is 19.5 Å². The van der Waals surface area contributed by atoms with Crippen molar-refractivity contribution in [3.8, 4) is 17.2 Å². The minimum atomic E-state index is -3.60. The number of sulfonamides is 1. The van der Waals surface area contributed by atoms with E-state index in [9.17, 15) is 13.2 Å². The molecule has 0 aliphatic carbocycles. The maximum atomic E-state index is 12.9. The third-order valence-electron chi connectivity index (χ3n) is 5.57. The van der Waals surface area contributed by atoms with Crippen LogP contribution in [0.1, 0.15) is 25.3 Å². The van der Waals surface area contributed by atoms with Crippen molar-refractivity contribution >= 4 is 15.9 Å². The predicted molar refractivity (Wildman–Crippen MR) is 120 cm³/mol. The number of benzene rings is 2. The largest absolute Gasteiger partial charge is 0.496 e. The van der Waals surface area contributed by atoms with Gasteiger partial charge in [-0.3, -0.25) is 4.79 Å². The maximum Gasteiger partial charge on any atom is 0.243 e. The van der Waals surface area contributed by atoms with Gasteiger partial charge >= 0.3 is 0 Å². The highest BCUT2D eigenvalue weighted by atomic mass is 32.2. The van der Waals surface area contributed by atoms with Crippen molar-refractivity contribution in [2.24, 2.45) is 5.92 Å². The lowest BCUT2D eigenvalue weighted by Crippen LogP contribution is -2.42. The minimum absolute atomic E-state index is 0.101. The van der Waals surface area contributed by atoms with E-state index in [4.69, 9.17) is 14.2 Å². The van der Waals surface area contributed by atoms with E-state index < -0.39 is 10.0 Å². The fourth-order valence-electron chi connectivity index (χ4n) is 3.80. The van der Waals surface area contributed by atoms with Crippen molar-refractivity contribution < 1.29 is 27.4 Å². The molecule has 1 aliphatic rings. The van der Waals surface area contributed by atoms with Crippen molar-refractivity contribution in [3.63, 3.8) is 0 Å². The zero-order valence-corrected chi connectivity index (χ0v) is 19.5. The summed E-state index contributed by atoms with van der Waals surface area (Å²) in [7, 11) is -0.463. The number of methoxy groups -OCH3 is 2. The molecule has 2 aromatic rings. The van der Waals surface area contributed by atoms with Crippen LogP contribution in [0.4, 0.5) is 0 Å². The minimum Gasteiger partial charge on any atom is -0.496 e. The van der Waals surface area contributed by atoms with Gasteiger partial charge in [-0.15, -0.1) is 0 Å². The van der Waals surface area contributed by atoms with Gasteiger partial charge in [0.1, 0.15) is 17.2 Å². The van der Waals surface area contributed by atoms with E-state index in [0.717, 1.165) is 5.56 Å². The molecule has 32 heavy (non-hydrogen) atoms. The lowest BCUT2D eigenvalue weighted by Gasteiger charge is -2.30. The number of carbonyl (C=O) groups excluding carboxylic acids is 1. The van der Waals surface area contributed by atoms with E-state index in [1.807, 2.05) is 25.1 Å². The van der Waals surface area contributed by atoms with Crippen LogP contribution in [-0.2, 0) is 21.4 Å². The van der Waals surface area contributed by atoms with Gasteiger partial charge in [0.05, 0.1) is 37.8 Å². The highest BCUT2D eigenvalue weighted by Crippen LogP contribution is 2.29. The molecule has 174 valence electrons. The highest BCUT2D eigenvalue weighted by molar-refractivity contribution is 7.89. The first-order valence-corrected chi connectivity index (χ1v) is 12.0. The molecule has 1 N–H and O–H groups in total. The summed E-state index contributed by atoms with van der Waals surface area (Å²) in [5.41, 5.74) is 0.765. The molecule has 0 radical (unpaired) electrons. The van der Waals surface area contributed by atoms with Gasteiger partial charge in [0, 0.05) is 19.0 Å². The SMILES string of the molecule is CCOc1ccc(S(=O)(=O)N2CCC(C(=O)NCc3c(OC)cccc3OC)CC2)cc1. The van der Waals surface area contributed by atoms with E-state index in [-0.39, 0.29) is 23.3 Å². The third kappa shape index (κ3) is 5.34. The molecular formula is C23H30N2O6S. The van der Waals surface area contributed by atoms with Crippen LogP contribution in [-0.4, -0.2) is 52.5 Å². The van der Waals surface area contributed by atoms with Gasteiger partial charge in [-0.05, 0) is 56.2 Å². The zero-order valence-electron chi connectivity index (χ0n) is 18.7. The number of rotatable bonds is 9. The van der Waals surface area contributed by atoms with Crippen LogP contribution in [0.2, 0.25) is 0 Å². The fourth-order valence-corrected chi connectivity index (χ4v) is 5.27. The summed E-state index contributed by atoms with van der Waals surface area (Å²) < 4.78 is 43.4. The second-order valence-corrected chi connectivity index (χ2v) is 9.38. The van der Waals surface area contributed by atoms with Crippen LogP contribution in [0.5, 0.6) is 17.2 Å². The molecule has 8 nitrogen and oxygen atoms in total. The molecular weight excluding hydrogens is 432 g/mol. The van der Waals surface area contributed by atoms with E-state index >= 15 is 0 Å². The van der Waals surface area contributed by atoms with Crippen molar-refractivity contribution in [1.82, 2.24) is 9.62 Å². The Hall–Kier alpha value is -2.78. The van der Waals surface area contributed by atoms with Crippen molar-refractivity contribution in [1.29, 1.82) is 0 Å². The molecule has 1 saturated heterocycles. The van der Waals surface area contributed by atoms with Gasteiger partial charge in [-0.2, -0.15) is 4.31 Å². The molecule has 0 unspecified atom stereocenters. The summed E-state index contributed by atoms with van der Waals surface area (Å²) in [6.45, 7) is 3.26. The number of hydrogen-bond acceptors (Lipinski definition) is 6. The van der Waals surface area contributed by atoms with Crippen LogP contribution in [0, 0.1) is 5.92 Å². The molecule has 1 aliphatic heterocycles. The molecule has 1 fully saturated rings. The standard InChI is InChI=1S/C23H30N2O6S/c1-4-31-18-8-10-19(11-9-18)32(27,28)25-14-12-17(13-15-25)23(26)24-16-20-21(29-2)6-5-7-22(20)30-3/h5-11,17H,4,12-16H2,1-3H3,(H,24,26). The van der Waals surface area contributed by atoms with Gasteiger partial charge in [-0.1, -0.05) is 6.07 Å². The van der Waals surface area contributed by atoms with E-state index in [1.54, 1.807) is 38.5 Å². The van der Waals surface area contributed by atoms with E-state index in [0.29, 0.717) is 49.8 Å². The lowest BCUT2D eigenvalue weighted by molar-refractivity contribution is -0.126. The van der Waals surface area contributed by atoms with Crippen LogP contribution in [0.3, 0.4) is 0 Å². The van der Waals surface area contributed by atoms with Crippen molar-refractivity contribution in [3.05, 3.63) is 48.0 Å². The smallest absolute Gasteiger partial charge is 0.243 e. The number of ether oxygens (including phenoxy) is 3. The molecule has 0 atom stereocenters. The quantitative estimate of drug-likeness (QED) is 0.616. The number of amides is 1. The van der Waals surface area contributed by atoms with Gasteiger partial charge in [0.15, 0.2) is 0 Å². The number of nitrogens with zero attached hydrogens (tertiary/aromatic N) is 1. The zero-order chi connectivity index (χ0) is 23.1. The van der Waals surface area contributed by atoms with Gasteiger partial charge in [-0.25, -0.2) is 8.42 Å². The Morgan fingerprint density at radius 1 is 1.03 bits per heavy atom. The Labute approximate surface area is 189 Å². The topological polar surface area (TPSA) is 94.2 Å². The average molecular weight is 463 g/mol.